The third-order valence-corrected chi connectivity index (χ3v) is 4.53. The SMILES string of the molecule is Cc1cc(C(=O)C2CC3CCC(C2)N3)cc(C(F)(F)F)c1. The molecule has 3 rings (SSSR count). The minimum absolute atomic E-state index is 0.136. The first-order chi connectivity index (χ1) is 9.83. The zero-order valence-electron chi connectivity index (χ0n) is 11.8. The lowest BCUT2D eigenvalue weighted by molar-refractivity contribution is -0.137. The molecule has 2 heterocycles. The largest absolute Gasteiger partial charge is 0.416 e. The molecule has 2 fully saturated rings. The summed E-state index contributed by atoms with van der Waals surface area (Å²) in [6.45, 7) is 1.60. The van der Waals surface area contributed by atoms with E-state index in [-0.39, 0.29) is 17.3 Å². The van der Waals surface area contributed by atoms with Crippen molar-refractivity contribution in [2.45, 2.75) is 50.9 Å². The van der Waals surface area contributed by atoms with Crippen molar-refractivity contribution in [3.05, 3.63) is 34.9 Å². The lowest BCUT2D eigenvalue weighted by atomic mass is 9.85. The summed E-state index contributed by atoms with van der Waals surface area (Å²) in [5, 5.41) is 3.44. The number of hydrogen-bond donors (Lipinski definition) is 1. The van der Waals surface area contributed by atoms with Crippen LogP contribution in [-0.4, -0.2) is 17.9 Å². The van der Waals surface area contributed by atoms with Crippen molar-refractivity contribution < 1.29 is 18.0 Å². The summed E-state index contributed by atoms with van der Waals surface area (Å²) in [5.41, 5.74) is -0.0542. The van der Waals surface area contributed by atoms with Crippen molar-refractivity contribution in [2.75, 3.05) is 0 Å². The van der Waals surface area contributed by atoms with Crippen LogP contribution in [0.25, 0.3) is 0 Å². The third kappa shape index (κ3) is 2.98. The Balaban J connectivity index is 1.86. The molecule has 0 radical (unpaired) electrons. The van der Waals surface area contributed by atoms with Crippen LogP contribution in [-0.2, 0) is 6.18 Å². The van der Waals surface area contributed by atoms with Crippen molar-refractivity contribution in [1.82, 2.24) is 5.32 Å². The van der Waals surface area contributed by atoms with Crippen molar-refractivity contribution in [1.29, 1.82) is 0 Å². The number of Topliss-reactive ketones (excluding diaryl/α,β-unsaturated/α-hetero) is 1. The number of halogens is 3. The van der Waals surface area contributed by atoms with E-state index in [0.717, 1.165) is 37.8 Å². The van der Waals surface area contributed by atoms with Gasteiger partial charge in [-0.25, -0.2) is 0 Å². The smallest absolute Gasteiger partial charge is 0.311 e. The first kappa shape index (κ1) is 14.6. The van der Waals surface area contributed by atoms with Gasteiger partial charge < -0.3 is 5.32 Å². The van der Waals surface area contributed by atoms with Crippen LogP contribution in [0.3, 0.4) is 0 Å². The fourth-order valence-electron chi connectivity index (χ4n) is 3.60. The van der Waals surface area contributed by atoms with Crippen LogP contribution in [0.5, 0.6) is 0 Å². The van der Waals surface area contributed by atoms with E-state index in [1.54, 1.807) is 13.0 Å². The van der Waals surface area contributed by atoms with Crippen LogP contribution in [0.1, 0.15) is 47.2 Å². The number of rotatable bonds is 2. The Labute approximate surface area is 121 Å². The van der Waals surface area contributed by atoms with Gasteiger partial charge in [0.1, 0.15) is 0 Å². The number of aryl methyl sites for hydroxylation is 1. The summed E-state index contributed by atoms with van der Waals surface area (Å²) in [7, 11) is 0. The minimum atomic E-state index is -4.41. The summed E-state index contributed by atoms with van der Waals surface area (Å²) in [6, 6.07) is 4.36. The van der Waals surface area contributed by atoms with Gasteiger partial charge in [0.05, 0.1) is 5.56 Å². The van der Waals surface area contributed by atoms with E-state index in [4.69, 9.17) is 0 Å². The van der Waals surface area contributed by atoms with Gasteiger partial charge >= 0.3 is 6.18 Å². The molecule has 2 atom stereocenters. The lowest BCUT2D eigenvalue weighted by Crippen LogP contribution is -2.40. The first-order valence-electron chi connectivity index (χ1n) is 7.32. The van der Waals surface area contributed by atoms with Gasteiger partial charge in [-0.1, -0.05) is 0 Å². The molecule has 114 valence electrons. The van der Waals surface area contributed by atoms with Crippen LogP contribution >= 0.6 is 0 Å². The molecule has 2 aliphatic heterocycles. The van der Waals surface area contributed by atoms with Crippen LogP contribution in [0.15, 0.2) is 18.2 Å². The van der Waals surface area contributed by atoms with E-state index in [9.17, 15) is 18.0 Å². The highest BCUT2D eigenvalue weighted by atomic mass is 19.4. The van der Waals surface area contributed by atoms with Gasteiger partial charge in [0.15, 0.2) is 5.78 Å². The molecule has 1 aromatic rings. The molecule has 2 bridgehead atoms. The molecule has 0 amide bonds. The van der Waals surface area contributed by atoms with Crippen LogP contribution in [0.2, 0.25) is 0 Å². The van der Waals surface area contributed by atoms with E-state index >= 15 is 0 Å². The average molecular weight is 297 g/mol. The van der Waals surface area contributed by atoms with Crippen molar-refractivity contribution in [3.8, 4) is 0 Å². The standard InChI is InChI=1S/C16H18F3NO/c1-9-4-10(6-12(5-9)16(17,18)19)15(21)11-7-13-2-3-14(8-11)20-13/h4-6,11,13-14,20H,2-3,7-8H2,1H3. The minimum Gasteiger partial charge on any atom is -0.311 e. The summed E-state index contributed by atoms with van der Waals surface area (Å²) in [4.78, 5) is 12.6. The summed E-state index contributed by atoms with van der Waals surface area (Å²) < 4.78 is 38.6. The lowest BCUT2D eigenvalue weighted by Gasteiger charge is -2.28. The number of carbonyl (C=O) groups is 1. The van der Waals surface area contributed by atoms with Gasteiger partial charge in [-0.2, -0.15) is 13.2 Å². The Morgan fingerprint density at radius 3 is 2.33 bits per heavy atom. The molecule has 5 heteroatoms. The second kappa shape index (κ2) is 5.13. The number of fused-ring (bicyclic) bond motifs is 2. The summed E-state index contributed by atoms with van der Waals surface area (Å²) >= 11 is 0. The summed E-state index contributed by atoms with van der Waals surface area (Å²) in [5.74, 6) is -0.283. The maximum absolute atomic E-state index is 12.9. The van der Waals surface area contributed by atoms with Crippen LogP contribution < -0.4 is 5.32 Å². The molecular formula is C16H18F3NO. The molecule has 2 nitrogen and oxygen atoms in total. The second-order valence-electron chi connectivity index (χ2n) is 6.26. The Hall–Kier alpha value is -1.36. The predicted octanol–water partition coefficient (Wildman–Crippen LogP) is 3.73. The zero-order chi connectivity index (χ0) is 15.2. The first-order valence-corrected chi connectivity index (χ1v) is 7.32. The molecule has 1 N–H and O–H groups in total. The Kier molecular flexibility index (Phi) is 3.56. The van der Waals surface area contributed by atoms with E-state index in [1.807, 2.05) is 0 Å². The second-order valence-corrected chi connectivity index (χ2v) is 6.26. The Morgan fingerprint density at radius 2 is 1.76 bits per heavy atom. The van der Waals surface area contributed by atoms with Crippen LogP contribution in [0, 0.1) is 12.8 Å². The quantitative estimate of drug-likeness (QED) is 0.843. The van der Waals surface area contributed by atoms with Crippen molar-refractivity contribution >= 4 is 5.78 Å². The number of carbonyl (C=O) groups excluding carboxylic acids is 1. The number of piperidine rings is 1. The molecule has 0 saturated carbocycles. The topological polar surface area (TPSA) is 29.1 Å². The zero-order valence-corrected chi connectivity index (χ0v) is 11.8. The highest BCUT2D eigenvalue weighted by Gasteiger charge is 2.38. The number of hydrogen-bond acceptors (Lipinski definition) is 2. The van der Waals surface area contributed by atoms with Gasteiger partial charge in [0, 0.05) is 23.6 Å². The molecule has 0 spiro atoms. The Morgan fingerprint density at radius 1 is 1.14 bits per heavy atom. The average Bonchev–Trinajstić information content (AvgIpc) is 2.75. The number of benzene rings is 1. The maximum atomic E-state index is 12.9. The number of alkyl halides is 3. The fraction of sp³-hybridized carbons (Fsp3) is 0.562. The number of nitrogens with one attached hydrogen (secondary N) is 1. The Bertz CT molecular complexity index is 555. The van der Waals surface area contributed by atoms with E-state index in [1.165, 1.54) is 0 Å². The van der Waals surface area contributed by atoms with Gasteiger partial charge in [-0.15, -0.1) is 0 Å². The van der Waals surface area contributed by atoms with E-state index in [0.29, 0.717) is 17.6 Å². The molecule has 2 saturated heterocycles. The number of ketones is 1. The molecule has 0 aliphatic carbocycles. The van der Waals surface area contributed by atoms with Gasteiger partial charge in [-0.05, 0) is 56.4 Å². The molecule has 21 heavy (non-hydrogen) atoms. The maximum Gasteiger partial charge on any atom is 0.416 e. The highest BCUT2D eigenvalue weighted by molar-refractivity contribution is 5.98. The van der Waals surface area contributed by atoms with E-state index < -0.39 is 11.7 Å². The highest BCUT2D eigenvalue weighted by Crippen LogP contribution is 2.35. The monoisotopic (exact) mass is 297 g/mol. The molecule has 2 aliphatic rings. The normalized spacial score (nSPS) is 28.7. The molecule has 2 unspecified atom stereocenters. The third-order valence-electron chi connectivity index (χ3n) is 4.53. The molecule has 0 aromatic heterocycles. The van der Waals surface area contributed by atoms with Crippen molar-refractivity contribution in [2.24, 2.45) is 5.92 Å². The molecular weight excluding hydrogens is 279 g/mol. The van der Waals surface area contributed by atoms with Gasteiger partial charge in [0.2, 0.25) is 0 Å². The van der Waals surface area contributed by atoms with Gasteiger partial charge in [0.25, 0.3) is 0 Å². The fourth-order valence-corrected chi connectivity index (χ4v) is 3.60. The van der Waals surface area contributed by atoms with Crippen molar-refractivity contribution in [3.63, 3.8) is 0 Å². The van der Waals surface area contributed by atoms with Crippen LogP contribution in [0.4, 0.5) is 13.2 Å². The van der Waals surface area contributed by atoms with Gasteiger partial charge in [-0.3, -0.25) is 4.79 Å². The molecule has 1 aromatic carbocycles. The summed E-state index contributed by atoms with van der Waals surface area (Å²) in [6.07, 6.45) is -0.796. The van der Waals surface area contributed by atoms with E-state index in [2.05, 4.69) is 5.32 Å². The predicted molar refractivity (Wildman–Crippen MR) is 73.2 cm³/mol.